The van der Waals surface area contributed by atoms with Gasteiger partial charge in [0.1, 0.15) is 0 Å². The Morgan fingerprint density at radius 3 is 2.71 bits per heavy atom. The Morgan fingerprint density at radius 1 is 1.33 bits per heavy atom. The number of hydrogen-bond acceptors (Lipinski definition) is 2. The average molecular weight is 304 g/mol. The van der Waals surface area contributed by atoms with Crippen LogP contribution in [0.3, 0.4) is 0 Å². The van der Waals surface area contributed by atoms with Gasteiger partial charge >= 0.3 is 6.03 Å². The Kier molecular flexibility index (Phi) is 3.43. The number of carbonyl (C=O) groups excluding carboxylic acids is 2. The predicted octanol–water partition coefficient (Wildman–Crippen LogP) is 1.98. The molecule has 0 unspecified atom stereocenters. The van der Waals surface area contributed by atoms with Crippen LogP contribution in [0.15, 0.2) is 48.2 Å². The molecule has 3 rings (SSSR count). The maximum absolute atomic E-state index is 12.5. The van der Waals surface area contributed by atoms with Gasteiger partial charge in [0, 0.05) is 11.6 Å². The zero-order valence-corrected chi connectivity index (χ0v) is 12.0. The minimum atomic E-state index is -0.451. The van der Waals surface area contributed by atoms with Crippen molar-refractivity contribution in [3.8, 4) is 0 Å². The van der Waals surface area contributed by atoms with Crippen LogP contribution in [0.4, 0.5) is 4.79 Å². The number of urea groups is 1. The number of rotatable bonds is 3. The van der Waals surface area contributed by atoms with Crippen LogP contribution in [-0.2, 0) is 4.79 Å². The molecule has 6 heteroatoms. The summed E-state index contributed by atoms with van der Waals surface area (Å²) in [6, 6.07) is 6.35. The van der Waals surface area contributed by atoms with E-state index in [1.807, 2.05) is 12.1 Å². The summed E-state index contributed by atoms with van der Waals surface area (Å²) < 4.78 is 0. The van der Waals surface area contributed by atoms with Crippen LogP contribution in [0.1, 0.15) is 11.6 Å². The summed E-state index contributed by atoms with van der Waals surface area (Å²) in [5.41, 5.74) is 2.07. The van der Waals surface area contributed by atoms with Gasteiger partial charge in [-0.15, -0.1) is 6.58 Å². The fourth-order valence-corrected chi connectivity index (χ4v) is 2.76. The largest absolute Gasteiger partial charge is 0.329 e. The summed E-state index contributed by atoms with van der Waals surface area (Å²) in [4.78, 5) is 25.9. The van der Waals surface area contributed by atoms with Crippen LogP contribution < -0.4 is 10.6 Å². The first-order chi connectivity index (χ1) is 10.1. The number of nitrogens with zero attached hydrogens (tertiary/aromatic N) is 1. The van der Waals surface area contributed by atoms with Crippen molar-refractivity contribution in [3.05, 3.63) is 58.8 Å². The molecule has 0 spiro atoms. The van der Waals surface area contributed by atoms with E-state index in [1.54, 1.807) is 23.1 Å². The number of carbonyl (C=O) groups is 2. The number of hydrogen-bond donors (Lipinski definition) is 2. The van der Waals surface area contributed by atoms with E-state index >= 15 is 0 Å². The second-order valence-corrected chi connectivity index (χ2v) is 5.39. The van der Waals surface area contributed by atoms with E-state index in [4.69, 9.17) is 11.6 Å². The fourth-order valence-electron chi connectivity index (χ4n) is 2.64. The smallest absolute Gasteiger partial charge is 0.319 e. The minimum Gasteiger partial charge on any atom is -0.329 e. The number of nitrogens with one attached hydrogen (secondary N) is 2. The van der Waals surface area contributed by atoms with E-state index in [0.717, 1.165) is 5.56 Å². The maximum Gasteiger partial charge on any atom is 0.319 e. The van der Waals surface area contributed by atoms with Crippen molar-refractivity contribution in [1.82, 2.24) is 15.5 Å². The molecule has 1 aromatic carbocycles. The van der Waals surface area contributed by atoms with Crippen molar-refractivity contribution in [2.75, 3.05) is 13.1 Å². The van der Waals surface area contributed by atoms with Gasteiger partial charge in [-0.05, 0) is 17.7 Å². The van der Waals surface area contributed by atoms with Crippen molar-refractivity contribution in [1.29, 1.82) is 0 Å². The summed E-state index contributed by atoms with van der Waals surface area (Å²) in [6.45, 7) is 4.50. The molecule has 0 radical (unpaired) electrons. The Bertz CT molecular complexity index is 651. The first kappa shape index (κ1) is 13.7. The van der Waals surface area contributed by atoms with Crippen LogP contribution >= 0.6 is 11.6 Å². The lowest BCUT2D eigenvalue weighted by atomic mass is 9.96. The zero-order valence-electron chi connectivity index (χ0n) is 11.2. The summed E-state index contributed by atoms with van der Waals surface area (Å²) in [6.07, 6.45) is 1.67. The second-order valence-electron chi connectivity index (χ2n) is 4.95. The van der Waals surface area contributed by atoms with Crippen LogP contribution in [0, 0.1) is 0 Å². The van der Waals surface area contributed by atoms with Gasteiger partial charge in [-0.25, -0.2) is 4.79 Å². The van der Waals surface area contributed by atoms with Crippen LogP contribution in [0.5, 0.6) is 0 Å². The van der Waals surface area contributed by atoms with Crippen LogP contribution in [-0.4, -0.2) is 29.9 Å². The summed E-state index contributed by atoms with van der Waals surface area (Å²) >= 11 is 5.89. The molecule has 5 nitrogen and oxygen atoms in total. The molecule has 0 aromatic heterocycles. The van der Waals surface area contributed by atoms with E-state index in [1.165, 1.54) is 0 Å². The van der Waals surface area contributed by atoms with Gasteiger partial charge < -0.3 is 15.5 Å². The lowest BCUT2D eigenvalue weighted by molar-refractivity contribution is -0.125. The van der Waals surface area contributed by atoms with Gasteiger partial charge in [0.05, 0.1) is 23.9 Å². The molecule has 2 N–H and O–H groups in total. The highest BCUT2D eigenvalue weighted by molar-refractivity contribution is 6.30. The Morgan fingerprint density at radius 2 is 2.05 bits per heavy atom. The average Bonchev–Trinajstić information content (AvgIpc) is 2.76. The standard InChI is InChI=1S/C15H14ClN3O2/c1-2-7-19-8-11-12(14(19)20)13(18-15(21)17-11)9-3-5-10(16)6-4-9/h2-6,13H,1,7-8H2,(H2,17,18,21)/t13-/m0/s1. The third-order valence-corrected chi connectivity index (χ3v) is 3.83. The Labute approximate surface area is 127 Å². The van der Waals surface area contributed by atoms with Crippen molar-refractivity contribution < 1.29 is 9.59 Å². The summed E-state index contributed by atoms with van der Waals surface area (Å²) in [5.74, 6) is -0.0858. The van der Waals surface area contributed by atoms with Gasteiger partial charge in [0.2, 0.25) is 0 Å². The number of benzene rings is 1. The number of amides is 3. The third-order valence-electron chi connectivity index (χ3n) is 3.57. The van der Waals surface area contributed by atoms with Crippen molar-refractivity contribution in [3.63, 3.8) is 0 Å². The lowest BCUT2D eigenvalue weighted by Gasteiger charge is -2.25. The molecule has 2 aliphatic heterocycles. The highest BCUT2D eigenvalue weighted by Crippen LogP contribution is 2.32. The molecule has 0 saturated heterocycles. The van der Waals surface area contributed by atoms with Crippen molar-refractivity contribution >= 4 is 23.5 Å². The van der Waals surface area contributed by atoms with Gasteiger partial charge in [-0.1, -0.05) is 29.8 Å². The molecule has 2 aliphatic rings. The lowest BCUT2D eigenvalue weighted by Crippen LogP contribution is -2.44. The molecule has 1 atom stereocenters. The Balaban J connectivity index is 1.98. The molecule has 0 aliphatic carbocycles. The van der Waals surface area contributed by atoms with Gasteiger partial charge in [0.25, 0.3) is 5.91 Å². The van der Waals surface area contributed by atoms with Crippen LogP contribution in [0.25, 0.3) is 0 Å². The molecular weight excluding hydrogens is 290 g/mol. The monoisotopic (exact) mass is 303 g/mol. The SMILES string of the molecule is C=CCN1CC2=C(C1=O)[C@H](c1ccc(Cl)cc1)NC(=O)N2. The maximum atomic E-state index is 12.5. The molecule has 108 valence electrons. The van der Waals surface area contributed by atoms with Crippen molar-refractivity contribution in [2.24, 2.45) is 0 Å². The van der Waals surface area contributed by atoms with Crippen molar-refractivity contribution in [2.45, 2.75) is 6.04 Å². The summed E-state index contributed by atoms with van der Waals surface area (Å²) in [7, 11) is 0. The molecule has 0 saturated carbocycles. The zero-order chi connectivity index (χ0) is 15.0. The first-order valence-corrected chi connectivity index (χ1v) is 6.94. The highest BCUT2D eigenvalue weighted by atomic mass is 35.5. The van der Waals surface area contributed by atoms with E-state index in [-0.39, 0.29) is 11.9 Å². The van der Waals surface area contributed by atoms with E-state index in [2.05, 4.69) is 17.2 Å². The van der Waals surface area contributed by atoms with E-state index in [9.17, 15) is 9.59 Å². The van der Waals surface area contributed by atoms with Gasteiger partial charge in [-0.2, -0.15) is 0 Å². The molecule has 21 heavy (non-hydrogen) atoms. The third kappa shape index (κ3) is 2.40. The Hall–Kier alpha value is -2.27. The van der Waals surface area contributed by atoms with E-state index in [0.29, 0.717) is 29.4 Å². The molecule has 3 amide bonds. The van der Waals surface area contributed by atoms with Gasteiger partial charge in [0.15, 0.2) is 0 Å². The molecule has 1 aromatic rings. The van der Waals surface area contributed by atoms with Crippen LogP contribution in [0.2, 0.25) is 5.02 Å². The van der Waals surface area contributed by atoms with E-state index < -0.39 is 6.04 Å². The van der Waals surface area contributed by atoms with Gasteiger partial charge in [-0.3, -0.25) is 4.79 Å². The fraction of sp³-hybridized carbons (Fsp3) is 0.200. The first-order valence-electron chi connectivity index (χ1n) is 6.56. The highest BCUT2D eigenvalue weighted by Gasteiger charge is 2.39. The minimum absolute atomic E-state index is 0.0858. The quantitative estimate of drug-likeness (QED) is 0.839. The number of halogens is 1. The topological polar surface area (TPSA) is 61.4 Å². The predicted molar refractivity (Wildman–Crippen MR) is 79.7 cm³/mol. The second kappa shape index (κ2) is 5.26. The normalized spacial score (nSPS) is 21.0. The molecule has 2 heterocycles. The molecule has 0 fully saturated rings. The summed E-state index contributed by atoms with van der Waals surface area (Å²) in [5, 5.41) is 6.12. The molecule has 0 bridgehead atoms. The molecular formula is C15H14ClN3O2.